The molecule has 0 bridgehead atoms. The number of carbonyl (C=O) groups is 1. The van der Waals surface area contributed by atoms with Gasteiger partial charge in [0.1, 0.15) is 0 Å². The highest BCUT2D eigenvalue weighted by Crippen LogP contribution is 2.24. The number of anilines is 1. The molecular formula is C20H20ClN7O3S2. The van der Waals surface area contributed by atoms with E-state index in [4.69, 9.17) is 11.6 Å². The first-order valence-electron chi connectivity index (χ1n) is 9.63. The van der Waals surface area contributed by atoms with Gasteiger partial charge in [0.25, 0.3) is 5.91 Å². The number of nitrogens with zero attached hydrogens (tertiary/aromatic N) is 5. The Balaban J connectivity index is 1.59. The molecular weight excluding hydrogens is 486 g/mol. The van der Waals surface area contributed by atoms with Crippen molar-refractivity contribution < 1.29 is 9.72 Å². The average Bonchev–Trinajstić information content (AvgIpc) is 3.41. The fourth-order valence-corrected chi connectivity index (χ4v) is 4.26. The van der Waals surface area contributed by atoms with Crippen LogP contribution in [0.2, 0.25) is 5.02 Å². The van der Waals surface area contributed by atoms with Crippen LogP contribution in [0.1, 0.15) is 17.6 Å². The van der Waals surface area contributed by atoms with Crippen molar-refractivity contribution in [2.45, 2.75) is 30.4 Å². The van der Waals surface area contributed by atoms with Crippen LogP contribution in [0.5, 0.6) is 0 Å². The van der Waals surface area contributed by atoms with Crippen molar-refractivity contribution >= 4 is 57.5 Å². The number of thiophene rings is 1. The summed E-state index contributed by atoms with van der Waals surface area (Å²) in [6.45, 7) is 6.42. The van der Waals surface area contributed by atoms with Crippen molar-refractivity contribution in [3.63, 3.8) is 0 Å². The minimum Gasteiger partial charge on any atom is -0.378 e. The molecule has 0 unspecified atom stereocenters. The number of hydrogen-bond donors (Lipinski definition) is 2. The minimum absolute atomic E-state index is 0.00890. The average molecular weight is 506 g/mol. The van der Waals surface area contributed by atoms with Gasteiger partial charge in [0, 0.05) is 23.3 Å². The van der Waals surface area contributed by atoms with Crippen LogP contribution in [0.3, 0.4) is 0 Å². The minimum atomic E-state index is -0.510. The van der Waals surface area contributed by atoms with E-state index in [-0.39, 0.29) is 10.9 Å². The second-order valence-electron chi connectivity index (χ2n) is 6.59. The molecule has 2 heterocycles. The number of thioether (sulfide) groups is 1. The van der Waals surface area contributed by atoms with Crippen LogP contribution in [0.15, 0.2) is 59.3 Å². The summed E-state index contributed by atoms with van der Waals surface area (Å²) in [6, 6.07) is 10.3. The number of hydrazone groups is 1. The lowest BCUT2D eigenvalue weighted by Gasteiger charge is -2.12. The maximum absolute atomic E-state index is 12.4. The number of allylic oxidation sites excluding steroid dienone is 1. The van der Waals surface area contributed by atoms with Gasteiger partial charge in [-0.15, -0.1) is 16.8 Å². The number of rotatable bonds is 11. The van der Waals surface area contributed by atoms with E-state index in [0.29, 0.717) is 34.0 Å². The lowest BCUT2D eigenvalue weighted by Crippen LogP contribution is -2.27. The summed E-state index contributed by atoms with van der Waals surface area (Å²) >= 11 is 8.12. The number of benzene rings is 1. The summed E-state index contributed by atoms with van der Waals surface area (Å²) < 4.78 is 1.87. The molecule has 0 saturated heterocycles. The normalized spacial score (nSPS) is 11.9. The molecule has 10 nitrogen and oxygen atoms in total. The van der Waals surface area contributed by atoms with E-state index in [9.17, 15) is 14.9 Å². The van der Waals surface area contributed by atoms with Crippen LogP contribution in [-0.2, 0) is 17.9 Å². The first kappa shape index (κ1) is 24.4. The highest BCUT2D eigenvalue weighted by Gasteiger charge is 2.19. The van der Waals surface area contributed by atoms with Gasteiger partial charge in [0.05, 0.1) is 27.8 Å². The summed E-state index contributed by atoms with van der Waals surface area (Å²) in [5.41, 5.74) is 3.34. The number of hydrogen-bond acceptors (Lipinski definition) is 9. The smallest absolute Gasteiger partial charge is 0.324 e. The van der Waals surface area contributed by atoms with Crippen LogP contribution in [-0.4, -0.2) is 37.1 Å². The van der Waals surface area contributed by atoms with Crippen LogP contribution < -0.4 is 10.7 Å². The van der Waals surface area contributed by atoms with Crippen molar-refractivity contribution in [3.05, 3.63) is 74.9 Å². The molecule has 2 aromatic heterocycles. The number of nitro groups is 1. The molecule has 0 aliphatic heterocycles. The Bertz CT molecular complexity index is 1160. The predicted molar refractivity (Wildman–Crippen MR) is 131 cm³/mol. The zero-order valence-corrected chi connectivity index (χ0v) is 19.9. The molecule has 172 valence electrons. The third-order valence-corrected chi connectivity index (χ3v) is 6.51. The number of carbonyl (C=O) groups excluding carboxylic acids is 1. The maximum Gasteiger partial charge on any atom is 0.324 e. The van der Waals surface area contributed by atoms with Gasteiger partial charge in [-0.05, 0) is 37.3 Å². The second-order valence-corrected chi connectivity index (χ2v) is 9.42. The molecule has 0 radical (unpaired) electrons. The molecule has 3 aromatic rings. The highest BCUT2D eigenvalue weighted by molar-refractivity contribution is 8.00. The monoisotopic (exact) mass is 505 g/mol. The molecule has 13 heteroatoms. The number of halogens is 1. The third kappa shape index (κ3) is 6.88. The van der Waals surface area contributed by atoms with Crippen LogP contribution >= 0.6 is 34.7 Å². The molecule has 3 rings (SSSR count). The number of nitrogens with one attached hydrogen (secondary N) is 2. The predicted octanol–water partition coefficient (Wildman–Crippen LogP) is 4.33. The van der Waals surface area contributed by atoms with Gasteiger partial charge in [0.2, 0.25) is 0 Å². The van der Waals surface area contributed by atoms with Crippen LogP contribution in [0.4, 0.5) is 10.7 Å². The first-order valence-corrected chi connectivity index (χ1v) is 11.7. The zero-order chi connectivity index (χ0) is 23.8. The molecule has 0 spiro atoms. The second kappa shape index (κ2) is 11.6. The fourth-order valence-electron chi connectivity index (χ4n) is 2.57. The fraction of sp³-hybridized carbons (Fsp3) is 0.200. The third-order valence-electron chi connectivity index (χ3n) is 4.21. The summed E-state index contributed by atoms with van der Waals surface area (Å²) in [7, 11) is 0. The molecule has 0 aliphatic rings. The van der Waals surface area contributed by atoms with E-state index in [1.807, 2.05) is 16.7 Å². The van der Waals surface area contributed by atoms with Gasteiger partial charge in [-0.2, -0.15) is 5.10 Å². The summed E-state index contributed by atoms with van der Waals surface area (Å²) in [5, 5.41) is 27.1. The van der Waals surface area contributed by atoms with Crippen molar-refractivity contribution in [1.82, 2.24) is 20.2 Å². The molecule has 0 saturated carbocycles. The van der Waals surface area contributed by atoms with Crippen molar-refractivity contribution in [3.8, 4) is 0 Å². The van der Waals surface area contributed by atoms with Crippen molar-refractivity contribution in [2.75, 3.05) is 5.32 Å². The van der Waals surface area contributed by atoms with Crippen molar-refractivity contribution in [2.24, 2.45) is 5.10 Å². The molecule has 2 N–H and O–H groups in total. The standard InChI is InChI=1S/C20H20ClN7O3S2/c1-3-10-27-17(12-22-15-6-4-14(21)5-7-15)24-26-20(27)32-13(2)19(29)25-23-11-16-8-9-18(33-16)28(30)31/h3-9,11,13,22H,1,10,12H2,2H3,(H,25,29)/b23-11-/t13-/m0/s1. The van der Waals surface area contributed by atoms with E-state index in [2.05, 4.69) is 32.6 Å². The van der Waals surface area contributed by atoms with E-state index >= 15 is 0 Å². The lowest BCUT2D eigenvalue weighted by molar-refractivity contribution is -0.380. The molecule has 1 atom stereocenters. The highest BCUT2D eigenvalue weighted by atomic mass is 35.5. The lowest BCUT2D eigenvalue weighted by atomic mass is 10.3. The van der Waals surface area contributed by atoms with E-state index in [0.717, 1.165) is 17.0 Å². The van der Waals surface area contributed by atoms with Crippen molar-refractivity contribution in [1.29, 1.82) is 0 Å². The van der Waals surface area contributed by atoms with E-state index in [1.165, 1.54) is 24.0 Å². The van der Waals surface area contributed by atoms with E-state index < -0.39 is 10.2 Å². The van der Waals surface area contributed by atoms with Gasteiger partial charge in [-0.3, -0.25) is 14.9 Å². The maximum atomic E-state index is 12.4. The Labute approximate surface area is 202 Å². The van der Waals surface area contributed by atoms with E-state index in [1.54, 1.807) is 31.2 Å². The van der Waals surface area contributed by atoms with Gasteiger partial charge in [-0.1, -0.05) is 40.8 Å². The largest absolute Gasteiger partial charge is 0.378 e. The summed E-state index contributed by atoms with van der Waals surface area (Å²) in [6.07, 6.45) is 3.10. The molecule has 0 aliphatic carbocycles. The molecule has 0 fully saturated rings. The molecule has 1 amide bonds. The Morgan fingerprint density at radius 1 is 1.36 bits per heavy atom. The van der Waals surface area contributed by atoms with Crippen LogP contribution in [0, 0.1) is 10.1 Å². The quantitative estimate of drug-likeness (QED) is 0.130. The Kier molecular flexibility index (Phi) is 8.58. The summed E-state index contributed by atoms with van der Waals surface area (Å²) in [4.78, 5) is 23.2. The number of amides is 1. The summed E-state index contributed by atoms with van der Waals surface area (Å²) in [5.74, 6) is 0.355. The SMILES string of the molecule is C=CCn1c(CNc2ccc(Cl)cc2)nnc1S[C@@H](C)C(=O)N/N=C\c1ccc([N+](=O)[O-])s1. The molecule has 33 heavy (non-hydrogen) atoms. The number of aromatic nitrogens is 3. The first-order chi connectivity index (χ1) is 15.9. The molecule has 1 aromatic carbocycles. The Morgan fingerprint density at radius 3 is 2.79 bits per heavy atom. The van der Waals surface area contributed by atoms with Crippen LogP contribution in [0.25, 0.3) is 0 Å². The topological polar surface area (TPSA) is 127 Å². The van der Waals surface area contributed by atoms with Gasteiger partial charge < -0.3 is 9.88 Å². The Morgan fingerprint density at radius 2 is 2.12 bits per heavy atom. The Hall–Kier alpha value is -3.22. The zero-order valence-electron chi connectivity index (χ0n) is 17.5. The van der Waals surface area contributed by atoms with Gasteiger partial charge in [-0.25, -0.2) is 5.43 Å². The van der Waals surface area contributed by atoms with Gasteiger partial charge >= 0.3 is 5.00 Å². The van der Waals surface area contributed by atoms with Gasteiger partial charge in [0.15, 0.2) is 11.0 Å².